The smallest absolute Gasteiger partial charge is 0.230 e. The third-order valence-electron chi connectivity index (χ3n) is 4.21. The van der Waals surface area contributed by atoms with Gasteiger partial charge in [0.05, 0.1) is 11.8 Å². The van der Waals surface area contributed by atoms with Crippen LogP contribution in [-0.2, 0) is 9.59 Å². The second-order valence-electron chi connectivity index (χ2n) is 5.83. The number of aromatic nitrogens is 1. The first-order valence-corrected chi connectivity index (χ1v) is 8.34. The number of hydrogen-bond donors (Lipinski definition) is 2. The SMILES string of the molecule is O=C(Nc1ccc(Br)cn1)C1CCCN(C(=O)C2CNC2)C1. The molecule has 2 saturated heterocycles. The molecule has 22 heavy (non-hydrogen) atoms. The predicted octanol–water partition coefficient (Wildman–Crippen LogP) is 1.24. The highest BCUT2D eigenvalue weighted by atomic mass is 79.9. The molecule has 2 aliphatic heterocycles. The molecule has 0 radical (unpaired) electrons. The number of pyridine rings is 1. The zero-order valence-corrected chi connectivity index (χ0v) is 13.8. The van der Waals surface area contributed by atoms with E-state index in [-0.39, 0.29) is 23.7 Å². The van der Waals surface area contributed by atoms with Crippen LogP contribution in [0.25, 0.3) is 0 Å². The number of anilines is 1. The molecule has 1 unspecified atom stereocenters. The fourth-order valence-corrected chi connectivity index (χ4v) is 3.03. The number of carbonyl (C=O) groups is 2. The van der Waals surface area contributed by atoms with E-state index in [4.69, 9.17) is 0 Å². The number of carbonyl (C=O) groups excluding carboxylic acids is 2. The first kappa shape index (κ1) is 15.4. The molecule has 0 aromatic carbocycles. The van der Waals surface area contributed by atoms with Crippen molar-refractivity contribution in [3.63, 3.8) is 0 Å². The average Bonchev–Trinajstić information content (AvgIpc) is 2.48. The van der Waals surface area contributed by atoms with Gasteiger partial charge in [0.2, 0.25) is 11.8 Å². The lowest BCUT2D eigenvalue weighted by Crippen LogP contribution is -2.54. The molecule has 0 saturated carbocycles. The molecule has 0 aliphatic carbocycles. The van der Waals surface area contributed by atoms with Crippen LogP contribution in [0.15, 0.2) is 22.8 Å². The first-order valence-electron chi connectivity index (χ1n) is 7.55. The molecule has 3 heterocycles. The van der Waals surface area contributed by atoms with Crippen molar-refractivity contribution in [1.29, 1.82) is 0 Å². The molecular weight excluding hydrogens is 348 g/mol. The van der Waals surface area contributed by atoms with Crippen molar-refractivity contribution in [2.45, 2.75) is 12.8 Å². The molecule has 1 aromatic rings. The lowest BCUT2D eigenvalue weighted by molar-refractivity contribution is -0.140. The largest absolute Gasteiger partial charge is 0.342 e. The van der Waals surface area contributed by atoms with Crippen molar-refractivity contribution in [3.05, 3.63) is 22.8 Å². The van der Waals surface area contributed by atoms with Gasteiger partial charge in [-0.2, -0.15) is 0 Å². The average molecular weight is 367 g/mol. The highest BCUT2D eigenvalue weighted by Gasteiger charge is 2.34. The van der Waals surface area contributed by atoms with Gasteiger partial charge in [-0.25, -0.2) is 4.98 Å². The minimum Gasteiger partial charge on any atom is -0.342 e. The number of piperidine rings is 1. The molecular formula is C15H19BrN4O2. The topological polar surface area (TPSA) is 74.3 Å². The lowest BCUT2D eigenvalue weighted by Gasteiger charge is -2.37. The highest BCUT2D eigenvalue weighted by Crippen LogP contribution is 2.21. The molecule has 6 nitrogen and oxygen atoms in total. The van der Waals surface area contributed by atoms with Crippen molar-refractivity contribution in [2.24, 2.45) is 11.8 Å². The van der Waals surface area contributed by atoms with Gasteiger partial charge in [0.1, 0.15) is 5.82 Å². The fourth-order valence-electron chi connectivity index (χ4n) is 2.79. The Balaban J connectivity index is 1.57. The normalized spacial score (nSPS) is 22.0. The van der Waals surface area contributed by atoms with Crippen molar-refractivity contribution in [3.8, 4) is 0 Å². The van der Waals surface area contributed by atoms with Gasteiger partial charge in [-0.3, -0.25) is 9.59 Å². The van der Waals surface area contributed by atoms with Crippen molar-refractivity contribution in [1.82, 2.24) is 15.2 Å². The summed E-state index contributed by atoms with van der Waals surface area (Å²) in [4.78, 5) is 30.6. The van der Waals surface area contributed by atoms with Crippen LogP contribution < -0.4 is 10.6 Å². The number of amides is 2. The standard InChI is InChI=1S/C15H19BrN4O2/c16-12-3-4-13(18-8-12)19-14(21)10-2-1-5-20(9-10)15(22)11-6-17-7-11/h3-4,8,10-11,17H,1-2,5-7,9H2,(H,18,19,21). The minimum atomic E-state index is -0.156. The zero-order valence-electron chi connectivity index (χ0n) is 12.2. The molecule has 2 amide bonds. The maximum absolute atomic E-state index is 12.4. The van der Waals surface area contributed by atoms with E-state index in [0.717, 1.165) is 36.9 Å². The van der Waals surface area contributed by atoms with Crippen LogP contribution in [0, 0.1) is 11.8 Å². The Labute approximate surface area is 137 Å². The van der Waals surface area contributed by atoms with Gasteiger partial charge in [-0.1, -0.05) is 0 Å². The number of rotatable bonds is 3. The van der Waals surface area contributed by atoms with Gasteiger partial charge in [-0.15, -0.1) is 0 Å². The number of nitrogens with one attached hydrogen (secondary N) is 2. The number of halogens is 1. The third-order valence-corrected chi connectivity index (χ3v) is 4.68. The number of hydrogen-bond acceptors (Lipinski definition) is 4. The molecule has 2 N–H and O–H groups in total. The van der Waals surface area contributed by atoms with Crippen molar-refractivity contribution >= 4 is 33.6 Å². The van der Waals surface area contributed by atoms with E-state index in [1.807, 2.05) is 11.0 Å². The van der Waals surface area contributed by atoms with E-state index < -0.39 is 0 Å². The Bertz CT molecular complexity index is 559. The summed E-state index contributed by atoms with van der Waals surface area (Å²) in [5.74, 6) is 0.600. The molecule has 0 spiro atoms. The van der Waals surface area contributed by atoms with E-state index in [1.165, 1.54) is 0 Å². The van der Waals surface area contributed by atoms with Gasteiger partial charge >= 0.3 is 0 Å². The van der Waals surface area contributed by atoms with Gasteiger partial charge in [0.25, 0.3) is 0 Å². The van der Waals surface area contributed by atoms with Gasteiger partial charge in [-0.05, 0) is 40.9 Å². The second kappa shape index (κ2) is 6.75. The van der Waals surface area contributed by atoms with Gasteiger partial charge in [0.15, 0.2) is 0 Å². The molecule has 2 aliphatic rings. The molecule has 0 bridgehead atoms. The first-order chi connectivity index (χ1) is 10.6. The van der Waals surface area contributed by atoms with E-state index in [0.29, 0.717) is 12.4 Å². The van der Waals surface area contributed by atoms with E-state index in [1.54, 1.807) is 12.3 Å². The predicted molar refractivity (Wildman–Crippen MR) is 86.2 cm³/mol. The monoisotopic (exact) mass is 366 g/mol. The summed E-state index contributed by atoms with van der Waals surface area (Å²) < 4.78 is 0.869. The number of nitrogens with zero attached hydrogens (tertiary/aromatic N) is 2. The van der Waals surface area contributed by atoms with Crippen LogP contribution in [0.5, 0.6) is 0 Å². The summed E-state index contributed by atoms with van der Waals surface area (Å²) in [6.45, 7) is 2.79. The molecule has 7 heteroatoms. The van der Waals surface area contributed by atoms with Crippen LogP contribution in [-0.4, -0.2) is 47.9 Å². The van der Waals surface area contributed by atoms with E-state index >= 15 is 0 Å². The van der Waals surface area contributed by atoms with Crippen molar-refractivity contribution < 1.29 is 9.59 Å². The minimum absolute atomic E-state index is 0.0564. The summed E-state index contributed by atoms with van der Waals surface area (Å²) in [7, 11) is 0. The van der Waals surface area contributed by atoms with Crippen LogP contribution in [0.3, 0.4) is 0 Å². The Hall–Kier alpha value is -1.47. The summed E-state index contributed by atoms with van der Waals surface area (Å²) >= 11 is 3.31. The molecule has 1 atom stereocenters. The highest BCUT2D eigenvalue weighted by molar-refractivity contribution is 9.10. The quantitative estimate of drug-likeness (QED) is 0.843. The van der Waals surface area contributed by atoms with Gasteiger partial charge < -0.3 is 15.5 Å². The van der Waals surface area contributed by atoms with E-state index in [9.17, 15) is 9.59 Å². The summed E-state index contributed by atoms with van der Waals surface area (Å²) in [5, 5.41) is 5.95. The summed E-state index contributed by atoms with van der Waals surface area (Å²) in [6.07, 6.45) is 3.34. The maximum Gasteiger partial charge on any atom is 0.230 e. The molecule has 2 fully saturated rings. The zero-order chi connectivity index (χ0) is 15.5. The lowest BCUT2D eigenvalue weighted by atomic mass is 9.94. The Kier molecular flexibility index (Phi) is 4.73. The van der Waals surface area contributed by atoms with Crippen LogP contribution >= 0.6 is 15.9 Å². The second-order valence-corrected chi connectivity index (χ2v) is 6.75. The Morgan fingerprint density at radius 3 is 2.77 bits per heavy atom. The molecule has 118 valence electrons. The maximum atomic E-state index is 12.4. The van der Waals surface area contributed by atoms with Crippen LogP contribution in [0.1, 0.15) is 12.8 Å². The third kappa shape index (κ3) is 3.47. The van der Waals surface area contributed by atoms with Crippen LogP contribution in [0.2, 0.25) is 0 Å². The van der Waals surface area contributed by atoms with E-state index in [2.05, 4.69) is 31.5 Å². The molecule has 3 rings (SSSR count). The van der Waals surface area contributed by atoms with Crippen LogP contribution in [0.4, 0.5) is 5.82 Å². The summed E-state index contributed by atoms with van der Waals surface area (Å²) in [6, 6.07) is 3.59. The molecule has 1 aromatic heterocycles. The van der Waals surface area contributed by atoms with Crippen molar-refractivity contribution in [2.75, 3.05) is 31.5 Å². The number of likely N-dealkylation sites (tertiary alicyclic amines) is 1. The Morgan fingerprint density at radius 1 is 1.32 bits per heavy atom. The van der Waals surface area contributed by atoms with Gasteiger partial charge in [0, 0.05) is 36.8 Å². The summed E-state index contributed by atoms with van der Waals surface area (Å²) in [5.41, 5.74) is 0. The fraction of sp³-hybridized carbons (Fsp3) is 0.533. The Morgan fingerprint density at radius 2 is 2.14 bits per heavy atom.